The van der Waals surface area contributed by atoms with Crippen molar-refractivity contribution in [2.24, 2.45) is 0 Å². The lowest BCUT2D eigenvalue weighted by Gasteiger charge is -2.35. The van der Waals surface area contributed by atoms with Gasteiger partial charge in [0, 0.05) is 0 Å². The lowest BCUT2D eigenvalue weighted by Crippen LogP contribution is -2.26. The van der Waals surface area contributed by atoms with Crippen LogP contribution in [0.25, 0.3) is 0 Å². The van der Waals surface area contributed by atoms with Crippen LogP contribution in [0.2, 0.25) is 0 Å². The van der Waals surface area contributed by atoms with Crippen molar-refractivity contribution in [2.45, 2.75) is 50.1 Å². The zero-order valence-corrected chi connectivity index (χ0v) is 21.0. The van der Waals surface area contributed by atoms with E-state index in [4.69, 9.17) is 4.74 Å². The Balaban J connectivity index is 1.77. The van der Waals surface area contributed by atoms with Crippen LogP contribution >= 0.6 is 11.8 Å². The summed E-state index contributed by atoms with van der Waals surface area (Å²) in [7, 11) is 0. The summed E-state index contributed by atoms with van der Waals surface area (Å²) in [4.78, 5) is 11.9. The standard InChI is InChI=1S/C30H34O3S/c1-29(2,3)33-28(32)23-27(31)21-13-14-22-34-30(24-15-7-4-8-16-24,25-17-9-5-10-18-25)26-19-11-6-12-20-26/h4-13,15-21,27,31H,14,22-23H2,1-3H3/b21-13+. The van der Waals surface area contributed by atoms with E-state index in [1.54, 1.807) is 6.08 Å². The molecule has 0 fully saturated rings. The topological polar surface area (TPSA) is 46.5 Å². The van der Waals surface area contributed by atoms with E-state index in [1.165, 1.54) is 16.7 Å². The van der Waals surface area contributed by atoms with Gasteiger partial charge in [0.15, 0.2) is 0 Å². The lowest BCUT2D eigenvalue weighted by atomic mass is 9.84. The third kappa shape index (κ3) is 7.09. The Morgan fingerprint density at radius 1 is 0.853 bits per heavy atom. The molecule has 0 radical (unpaired) electrons. The molecule has 0 aliphatic carbocycles. The highest BCUT2D eigenvalue weighted by Crippen LogP contribution is 2.48. The van der Waals surface area contributed by atoms with Gasteiger partial charge in [-0.1, -0.05) is 103 Å². The van der Waals surface area contributed by atoms with E-state index in [9.17, 15) is 9.90 Å². The summed E-state index contributed by atoms with van der Waals surface area (Å²) in [6.07, 6.45) is 3.53. The number of aliphatic hydroxyl groups excluding tert-OH is 1. The van der Waals surface area contributed by atoms with Crippen molar-refractivity contribution in [1.82, 2.24) is 0 Å². The molecule has 1 N–H and O–H groups in total. The monoisotopic (exact) mass is 474 g/mol. The van der Waals surface area contributed by atoms with Gasteiger partial charge < -0.3 is 9.84 Å². The Morgan fingerprint density at radius 3 is 1.71 bits per heavy atom. The van der Waals surface area contributed by atoms with E-state index in [0.29, 0.717) is 0 Å². The molecule has 0 saturated carbocycles. The van der Waals surface area contributed by atoms with Crippen LogP contribution in [0.3, 0.4) is 0 Å². The van der Waals surface area contributed by atoms with Crippen molar-refractivity contribution in [2.75, 3.05) is 5.75 Å². The van der Waals surface area contributed by atoms with Gasteiger partial charge in [-0.3, -0.25) is 4.79 Å². The molecule has 0 spiro atoms. The molecule has 0 bridgehead atoms. The third-order valence-corrected chi connectivity index (χ3v) is 6.88. The van der Waals surface area contributed by atoms with Gasteiger partial charge in [-0.25, -0.2) is 0 Å². The Hall–Kier alpha value is -2.82. The molecule has 0 saturated heterocycles. The molecule has 0 aromatic heterocycles. The number of aliphatic hydroxyl groups is 1. The molecule has 0 amide bonds. The maximum absolute atomic E-state index is 11.9. The Bertz CT molecular complexity index is 944. The van der Waals surface area contributed by atoms with Crippen LogP contribution in [-0.4, -0.2) is 28.5 Å². The molecule has 34 heavy (non-hydrogen) atoms. The first kappa shape index (κ1) is 25.8. The van der Waals surface area contributed by atoms with Crippen LogP contribution in [0.5, 0.6) is 0 Å². The van der Waals surface area contributed by atoms with E-state index in [2.05, 4.69) is 72.8 Å². The van der Waals surface area contributed by atoms with Crippen LogP contribution < -0.4 is 0 Å². The fourth-order valence-corrected chi connectivity index (χ4v) is 5.39. The maximum Gasteiger partial charge on any atom is 0.309 e. The fraction of sp³-hybridized carbons (Fsp3) is 0.300. The Morgan fingerprint density at radius 2 is 1.29 bits per heavy atom. The molecule has 0 heterocycles. The van der Waals surface area contributed by atoms with Gasteiger partial charge >= 0.3 is 5.97 Å². The van der Waals surface area contributed by atoms with E-state index >= 15 is 0 Å². The molecule has 4 heteroatoms. The van der Waals surface area contributed by atoms with Gasteiger partial charge in [0.2, 0.25) is 0 Å². The highest BCUT2D eigenvalue weighted by atomic mass is 32.2. The lowest BCUT2D eigenvalue weighted by molar-refractivity contribution is -0.156. The first-order chi connectivity index (χ1) is 16.3. The second kappa shape index (κ2) is 12.0. The van der Waals surface area contributed by atoms with Crippen molar-refractivity contribution in [3.8, 4) is 0 Å². The van der Waals surface area contributed by atoms with Crippen LogP contribution in [0.1, 0.15) is 50.3 Å². The summed E-state index contributed by atoms with van der Waals surface area (Å²) in [6.45, 7) is 5.47. The summed E-state index contributed by atoms with van der Waals surface area (Å²) >= 11 is 1.88. The molecule has 0 aliphatic rings. The average molecular weight is 475 g/mol. The quantitative estimate of drug-likeness (QED) is 0.153. The molecule has 3 aromatic rings. The second-order valence-electron chi connectivity index (χ2n) is 9.20. The predicted molar refractivity (Wildman–Crippen MR) is 142 cm³/mol. The number of rotatable bonds is 10. The molecular weight excluding hydrogens is 440 g/mol. The van der Waals surface area contributed by atoms with Crippen molar-refractivity contribution < 1.29 is 14.6 Å². The Labute approximate surface area is 207 Å². The minimum atomic E-state index is -0.845. The molecule has 3 aromatic carbocycles. The zero-order valence-electron chi connectivity index (χ0n) is 20.2. The number of hydrogen-bond acceptors (Lipinski definition) is 4. The van der Waals surface area contributed by atoms with E-state index in [0.717, 1.165) is 12.2 Å². The Kier molecular flexibility index (Phi) is 9.14. The second-order valence-corrected chi connectivity index (χ2v) is 10.5. The molecule has 1 atom stereocenters. The summed E-state index contributed by atoms with van der Waals surface area (Å²) in [5.41, 5.74) is 3.14. The van der Waals surface area contributed by atoms with Gasteiger partial charge in [0.25, 0.3) is 0 Å². The molecule has 0 aliphatic heterocycles. The normalized spacial score (nSPS) is 13.1. The molecule has 3 rings (SSSR count). The van der Waals surface area contributed by atoms with Gasteiger partial charge in [-0.05, 0) is 49.6 Å². The van der Waals surface area contributed by atoms with Crippen LogP contribution in [0.15, 0.2) is 103 Å². The smallest absolute Gasteiger partial charge is 0.309 e. The number of allylic oxidation sites excluding steroid dienone is 1. The van der Waals surface area contributed by atoms with E-state index in [-0.39, 0.29) is 11.2 Å². The van der Waals surface area contributed by atoms with Crippen molar-refractivity contribution in [1.29, 1.82) is 0 Å². The predicted octanol–water partition coefficient (Wildman–Crippen LogP) is 6.75. The number of carbonyl (C=O) groups excluding carboxylic acids is 1. The SMILES string of the molecule is CC(C)(C)OC(=O)CC(O)/C=C/CCSC(c1ccccc1)(c1ccccc1)c1ccccc1. The number of carbonyl (C=O) groups is 1. The van der Waals surface area contributed by atoms with E-state index in [1.807, 2.05) is 56.8 Å². The third-order valence-electron chi connectivity index (χ3n) is 5.30. The minimum Gasteiger partial charge on any atom is -0.460 e. The van der Waals surface area contributed by atoms with Gasteiger partial charge in [0.05, 0.1) is 17.3 Å². The van der Waals surface area contributed by atoms with Crippen molar-refractivity contribution in [3.05, 3.63) is 120 Å². The van der Waals surface area contributed by atoms with Crippen LogP contribution in [0.4, 0.5) is 0 Å². The summed E-state index contributed by atoms with van der Waals surface area (Å²) in [5.74, 6) is 0.448. The number of hydrogen-bond donors (Lipinski definition) is 1. The molecular formula is C30H34O3S. The highest BCUT2D eigenvalue weighted by molar-refractivity contribution is 8.00. The number of ether oxygens (including phenoxy) is 1. The number of thioether (sulfide) groups is 1. The average Bonchev–Trinajstić information content (AvgIpc) is 2.82. The van der Waals surface area contributed by atoms with Gasteiger partial charge in [-0.15, -0.1) is 11.8 Å². The first-order valence-electron chi connectivity index (χ1n) is 11.7. The number of esters is 1. The maximum atomic E-state index is 11.9. The van der Waals surface area contributed by atoms with E-state index < -0.39 is 17.7 Å². The number of benzene rings is 3. The minimum absolute atomic E-state index is 0.0388. The molecule has 3 nitrogen and oxygen atoms in total. The summed E-state index contributed by atoms with van der Waals surface area (Å²) in [5, 5.41) is 10.2. The van der Waals surface area contributed by atoms with Gasteiger partial charge in [-0.2, -0.15) is 0 Å². The zero-order chi connectivity index (χ0) is 24.4. The fourth-order valence-electron chi connectivity index (χ4n) is 3.92. The molecule has 178 valence electrons. The first-order valence-corrected chi connectivity index (χ1v) is 12.7. The van der Waals surface area contributed by atoms with Crippen LogP contribution in [-0.2, 0) is 14.3 Å². The summed E-state index contributed by atoms with van der Waals surface area (Å²) < 4.78 is 4.94. The highest BCUT2D eigenvalue weighted by Gasteiger charge is 2.36. The largest absolute Gasteiger partial charge is 0.460 e. The van der Waals surface area contributed by atoms with Crippen molar-refractivity contribution in [3.63, 3.8) is 0 Å². The van der Waals surface area contributed by atoms with Crippen LogP contribution in [0, 0.1) is 0 Å². The molecule has 1 unspecified atom stereocenters. The summed E-state index contributed by atoms with van der Waals surface area (Å²) in [6, 6.07) is 31.8. The van der Waals surface area contributed by atoms with Crippen molar-refractivity contribution >= 4 is 17.7 Å². The van der Waals surface area contributed by atoms with Gasteiger partial charge in [0.1, 0.15) is 5.60 Å².